The number of nitrogens with zero attached hydrogens (tertiary/aromatic N) is 3. The molecule has 0 bridgehead atoms. The van der Waals surface area contributed by atoms with E-state index in [-0.39, 0.29) is 5.60 Å². The summed E-state index contributed by atoms with van der Waals surface area (Å²) in [4.78, 5) is 6.38. The van der Waals surface area contributed by atoms with Gasteiger partial charge in [0.25, 0.3) is 0 Å². The second-order valence-electron chi connectivity index (χ2n) is 5.02. The van der Waals surface area contributed by atoms with Crippen molar-refractivity contribution >= 4 is 0 Å². The maximum absolute atomic E-state index is 10.2. The summed E-state index contributed by atoms with van der Waals surface area (Å²) in [6.45, 7) is 2.58. The Morgan fingerprint density at radius 2 is 2.27 bits per heavy atom. The molecule has 2 fully saturated rings. The summed E-state index contributed by atoms with van der Waals surface area (Å²) in [5.41, 5.74) is 0.853. The lowest BCUT2D eigenvalue weighted by Gasteiger charge is -2.47. The highest BCUT2D eigenvalue weighted by atomic mass is 16.3. The lowest BCUT2D eigenvalue weighted by Crippen LogP contribution is -2.62. The van der Waals surface area contributed by atoms with Crippen LogP contribution in [0.1, 0.15) is 18.5 Å². The van der Waals surface area contributed by atoms with Crippen molar-refractivity contribution in [3.8, 4) is 0 Å². The number of β-amino-alcohol motifs (C(OH)–C–C–N with tert-alkyl or cyclic N) is 1. The molecule has 4 nitrogen and oxygen atoms in total. The monoisotopic (exact) mass is 207 g/mol. The average molecular weight is 207 g/mol. The normalized spacial score (nSPS) is 25.2. The van der Waals surface area contributed by atoms with Crippen LogP contribution in [0.25, 0.3) is 0 Å². The zero-order chi connectivity index (χ0) is 10.5. The molecule has 0 atom stereocenters. The summed E-state index contributed by atoms with van der Waals surface area (Å²) in [6, 6.07) is 0. The van der Waals surface area contributed by atoms with E-state index in [2.05, 4.69) is 9.88 Å². The van der Waals surface area contributed by atoms with Gasteiger partial charge in [0.05, 0.1) is 17.6 Å². The first-order chi connectivity index (χ1) is 7.17. The van der Waals surface area contributed by atoms with Gasteiger partial charge in [-0.3, -0.25) is 4.90 Å². The van der Waals surface area contributed by atoms with Gasteiger partial charge < -0.3 is 9.67 Å². The number of aryl methyl sites for hydroxylation is 1. The smallest absolute Gasteiger partial charge is 0.0945 e. The fraction of sp³-hybridized carbons (Fsp3) is 0.727. The maximum atomic E-state index is 10.2. The first-order valence-electron chi connectivity index (χ1n) is 5.57. The molecule has 1 N–H and O–H groups in total. The van der Waals surface area contributed by atoms with Crippen LogP contribution in [0.5, 0.6) is 0 Å². The first kappa shape index (κ1) is 9.36. The van der Waals surface area contributed by atoms with Crippen molar-refractivity contribution in [3.05, 3.63) is 18.2 Å². The van der Waals surface area contributed by atoms with E-state index >= 15 is 0 Å². The van der Waals surface area contributed by atoms with Crippen molar-refractivity contribution in [2.75, 3.05) is 13.1 Å². The highest BCUT2D eigenvalue weighted by molar-refractivity contribution is 5.08. The van der Waals surface area contributed by atoms with Gasteiger partial charge in [0.2, 0.25) is 0 Å². The van der Waals surface area contributed by atoms with Crippen molar-refractivity contribution in [3.63, 3.8) is 0 Å². The molecule has 0 spiro atoms. The number of aliphatic hydroxyl groups is 1. The van der Waals surface area contributed by atoms with Crippen molar-refractivity contribution < 1.29 is 5.11 Å². The molecule has 82 valence electrons. The lowest BCUT2D eigenvalue weighted by atomic mass is 9.89. The zero-order valence-electron chi connectivity index (χ0n) is 9.06. The van der Waals surface area contributed by atoms with Crippen LogP contribution < -0.4 is 0 Å². The number of rotatable bonds is 3. The molecule has 4 heteroatoms. The average Bonchev–Trinajstić information content (AvgIpc) is 2.91. The molecule has 1 aromatic rings. The fourth-order valence-corrected chi connectivity index (χ4v) is 2.48. The molecule has 2 heterocycles. The SMILES string of the molecule is Cn1cncc1CN1CC(O)(C2CC2)C1. The van der Waals surface area contributed by atoms with E-state index in [4.69, 9.17) is 0 Å². The van der Waals surface area contributed by atoms with Gasteiger partial charge >= 0.3 is 0 Å². The van der Waals surface area contributed by atoms with E-state index in [9.17, 15) is 5.11 Å². The minimum atomic E-state index is -0.363. The van der Waals surface area contributed by atoms with Crippen LogP contribution in [0.4, 0.5) is 0 Å². The van der Waals surface area contributed by atoms with Gasteiger partial charge in [0.1, 0.15) is 0 Å². The molecular formula is C11H17N3O. The van der Waals surface area contributed by atoms with E-state index in [0.29, 0.717) is 5.92 Å². The minimum absolute atomic E-state index is 0.363. The summed E-state index contributed by atoms with van der Waals surface area (Å²) in [5, 5.41) is 10.2. The zero-order valence-corrected chi connectivity index (χ0v) is 9.06. The molecule has 1 aromatic heterocycles. The molecule has 1 saturated carbocycles. The number of aromatic nitrogens is 2. The molecular weight excluding hydrogens is 190 g/mol. The first-order valence-corrected chi connectivity index (χ1v) is 5.57. The highest BCUT2D eigenvalue weighted by Crippen LogP contribution is 2.44. The van der Waals surface area contributed by atoms with Gasteiger partial charge in [0.15, 0.2) is 0 Å². The maximum Gasteiger partial charge on any atom is 0.0945 e. The molecule has 0 amide bonds. The Labute approximate surface area is 89.5 Å². The van der Waals surface area contributed by atoms with Gasteiger partial charge in [-0.15, -0.1) is 0 Å². The third-order valence-corrected chi connectivity index (χ3v) is 3.63. The van der Waals surface area contributed by atoms with Gasteiger partial charge in [-0.25, -0.2) is 4.98 Å². The highest BCUT2D eigenvalue weighted by Gasteiger charge is 2.51. The predicted octanol–water partition coefficient (Wildman–Crippen LogP) is 0.377. The summed E-state index contributed by atoms with van der Waals surface area (Å²) >= 11 is 0. The number of hydrogen-bond donors (Lipinski definition) is 1. The summed E-state index contributed by atoms with van der Waals surface area (Å²) < 4.78 is 2.04. The van der Waals surface area contributed by atoms with Crippen LogP contribution in [0.2, 0.25) is 0 Å². The fourth-order valence-electron chi connectivity index (χ4n) is 2.48. The third kappa shape index (κ3) is 1.58. The molecule has 0 aromatic carbocycles. The summed E-state index contributed by atoms with van der Waals surface area (Å²) in [6.07, 6.45) is 6.16. The molecule has 1 aliphatic heterocycles. The Bertz CT molecular complexity index is 364. The summed E-state index contributed by atoms with van der Waals surface area (Å²) in [7, 11) is 2.01. The van der Waals surface area contributed by atoms with E-state index in [1.807, 2.05) is 24.1 Å². The van der Waals surface area contributed by atoms with Gasteiger partial charge in [-0.2, -0.15) is 0 Å². The van der Waals surface area contributed by atoms with E-state index in [1.165, 1.54) is 18.5 Å². The van der Waals surface area contributed by atoms with Crippen LogP contribution in [0.15, 0.2) is 12.5 Å². The van der Waals surface area contributed by atoms with Crippen molar-refractivity contribution in [2.24, 2.45) is 13.0 Å². The number of imidazole rings is 1. The second-order valence-corrected chi connectivity index (χ2v) is 5.02. The Morgan fingerprint density at radius 3 is 2.80 bits per heavy atom. The predicted molar refractivity (Wildman–Crippen MR) is 56.2 cm³/mol. The Balaban J connectivity index is 1.57. The van der Waals surface area contributed by atoms with Crippen molar-refractivity contribution in [1.82, 2.24) is 14.5 Å². The third-order valence-electron chi connectivity index (χ3n) is 3.63. The van der Waals surface area contributed by atoms with Gasteiger partial charge in [-0.1, -0.05) is 0 Å². The molecule has 15 heavy (non-hydrogen) atoms. The Morgan fingerprint density at radius 1 is 1.53 bits per heavy atom. The van der Waals surface area contributed by atoms with Gasteiger partial charge in [0, 0.05) is 32.9 Å². The Kier molecular flexibility index (Phi) is 1.91. The number of likely N-dealkylation sites (tertiary alicyclic amines) is 1. The molecule has 0 unspecified atom stereocenters. The molecule has 3 rings (SSSR count). The van der Waals surface area contributed by atoms with E-state index < -0.39 is 0 Å². The van der Waals surface area contributed by atoms with Crippen LogP contribution in [-0.4, -0.2) is 38.2 Å². The topological polar surface area (TPSA) is 41.3 Å². The van der Waals surface area contributed by atoms with Gasteiger partial charge in [-0.05, 0) is 18.8 Å². The van der Waals surface area contributed by atoms with E-state index in [1.54, 1.807) is 0 Å². The molecule has 1 saturated heterocycles. The summed E-state index contributed by atoms with van der Waals surface area (Å²) in [5.74, 6) is 0.584. The van der Waals surface area contributed by atoms with Crippen LogP contribution in [0.3, 0.4) is 0 Å². The molecule has 2 aliphatic rings. The van der Waals surface area contributed by atoms with E-state index in [0.717, 1.165) is 19.6 Å². The minimum Gasteiger partial charge on any atom is -0.387 e. The van der Waals surface area contributed by atoms with Crippen LogP contribution in [-0.2, 0) is 13.6 Å². The second kappa shape index (κ2) is 3.06. The quantitative estimate of drug-likeness (QED) is 0.779. The Hall–Kier alpha value is -0.870. The van der Waals surface area contributed by atoms with Crippen molar-refractivity contribution in [2.45, 2.75) is 25.0 Å². The van der Waals surface area contributed by atoms with Crippen molar-refractivity contribution in [1.29, 1.82) is 0 Å². The van der Waals surface area contributed by atoms with Crippen LogP contribution >= 0.6 is 0 Å². The standard InChI is InChI=1S/C11H17N3O/c1-13-8-12-4-10(13)5-14-6-11(15,7-14)9-2-3-9/h4,8-9,15H,2-3,5-7H2,1H3. The number of hydrogen-bond acceptors (Lipinski definition) is 3. The molecule has 0 radical (unpaired) electrons. The lowest BCUT2D eigenvalue weighted by molar-refractivity contribution is -0.117. The molecule has 1 aliphatic carbocycles. The van der Waals surface area contributed by atoms with Crippen LogP contribution in [0, 0.1) is 5.92 Å². The largest absolute Gasteiger partial charge is 0.387 e.